The number of alkyl halides is 3. The van der Waals surface area contributed by atoms with Gasteiger partial charge in [-0.3, -0.25) is 0 Å². The number of fused-ring (bicyclic) bond motifs is 3. The van der Waals surface area contributed by atoms with E-state index < -0.39 is 33.0 Å². The zero-order valence-corrected chi connectivity index (χ0v) is 32.9. The van der Waals surface area contributed by atoms with Gasteiger partial charge in [-0.1, -0.05) is 0 Å². The van der Waals surface area contributed by atoms with Crippen molar-refractivity contribution in [1.82, 2.24) is 0 Å². The maximum absolute atomic E-state index is 13.5. The molecule has 0 saturated heterocycles. The van der Waals surface area contributed by atoms with Gasteiger partial charge in [-0.25, -0.2) is 0 Å². The first-order valence-electron chi connectivity index (χ1n) is 16.2. The molecule has 0 aromatic heterocycles. The Bertz CT molecular complexity index is 1920. The van der Waals surface area contributed by atoms with Crippen molar-refractivity contribution in [2.45, 2.75) is 78.8 Å². The molecule has 0 N–H and O–H groups in total. The molecular formula is C42H43Cl2F3Zr. The van der Waals surface area contributed by atoms with Crippen LogP contribution >= 0.6 is 0 Å². The normalized spacial score (nSPS) is 15.8. The van der Waals surface area contributed by atoms with Crippen molar-refractivity contribution < 1.29 is 59.3 Å². The van der Waals surface area contributed by atoms with Crippen LogP contribution in [0.2, 0.25) is 0 Å². The van der Waals surface area contributed by atoms with Crippen LogP contribution in [0.15, 0.2) is 99.9 Å². The second-order valence-electron chi connectivity index (χ2n) is 15.1. The molecule has 250 valence electrons. The largest absolute Gasteiger partial charge is 1.00 e. The maximum atomic E-state index is 13.5. The molecule has 2 aliphatic rings. The van der Waals surface area contributed by atoms with Crippen LogP contribution in [-0.2, 0) is 44.7 Å². The van der Waals surface area contributed by atoms with E-state index in [1.165, 1.54) is 68.8 Å². The first-order valence-corrected chi connectivity index (χ1v) is 20.1. The smallest absolute Gasteiger partial charge is 1.00 e. The summed E-state index contributed by atoms with van der Waals surface area (Å²) in [4.78, 5) is 0. The third-order valence-corrected chi connectivity index (χ3v) is 17.2. The molecule has 0 fully saturated rings. The molecule has 1 atom stereocenters. The van der Waals surface area contributed by atoms with E-state index in [1.807, 2.05) is 6.07 Å². The van der Waals surface area contributed by atoms with Crippen LogP contribution in [0.1, 0.15) is 94.3 Å². The molecule has 4 aromatic rings. The van der Waals surface area contributed by atoms with Crippen molar-refractivity contribution in [2.75, 3.05) is 0 Å². The summed E-state index contributed by atoms with van der Waals surface area (Å²) in [5, 5.41) is 0. The minimum atomic E-state index is -4.35. The number of allylic oxidation sites excluding steroid dienone is 4. The Hall–Kier alpha value is -2.52. The summed E-state index contributed by atoms with van der Waals surface area (Å²) in [6, 6.07) is 28.3. The average molecular weight is 767 g/mol. The number of rotatable bonds is 4. The molecule has 6 heteroatoms. The fourth-order valence-corrected chi connectivity index (χ4v) is 14.6. The summed E-state index contributed by atoms with van der Waals surface area (Å²) in [5.41, 5.74) is 12.2. The molecule has 0 saturated carbocycles. The fraction of sp³-hybridized carbons (Fsp3) is 0.310. The van der Waals surface area contributed by atoms with Gasteiger partial charge in [-0.2, -0.15) is 0 Å². The predicted molar refractivity (Wildman–Crippen MR) is 185 cm³/mol. The third-order valence-electron chi connectivity index (χ3n) is 9.64. The van der Waals surface area contributed by atoms with E-state index in [1.54, 1.807) is 12.1 Å². The second kappa shape index (κ2) is 14.0. The Balaban J connectivity index is 0.00000260. The zero-order chi connectivity index (χ0) is 33.2. The van der Waals surface area contributed by atoms with Crippen LogP contribution < -0.4 is 28.1 Å². The van der Waals surface area contributed by atoms with Crippen molar-refractivity contribution in [3.05, 3.63) is 139 Å². The minimum absolute atomic E-state index is 0. The predicted octanol–water partition coefficient (Wildman–Crippen LogP) is 4.98. The van der Waals surface area contributed by atoms with E-state index in [0.29, 0.717) is 0 Å². The molecule has 0 radical (unpaired) electrons. The van der Waals surface area contributed by atoms with Gasteiger partial charge < -0.3 is 24.8 Å². The van der Waals surface area contributed by atoms with E-state index in [4.69, 9.17) is 0 Å². The zero-order valence-electron chi connectivity index (χ0n) is 28.9. The fourth-order valence-electron chi connectivity index (χ4n) is 6.97. The first-order chi connectivity index (χ1) is 21.5. The van der Waals surface area contributed by atoms with Gasteiger partial charge in [0, 0.05) is 0 Å². The van der Waals surface area contributed by atoms with Crippen molar-refractivity contribution in [3.63, 3.8) is 0 Å². The number of hydrogen-bond donors (Lipinski definition) is 0. The quantitative estimate of drug-likeness (QED) is 0.243. The molecule has 48 heavy (non-hydrogen) atoms. The van der Waals surface area contributed by atoms with Crippen molar-refractivity contribution in [3.8, 4) is 11.1 Å². The van der Waals surface area contributed by atoms with E-state index in [9.17, 15) is 13.2 Å². The first kappa shape index (κ1) is 38.3. The topological polar surface area (TPSA) is 0 Å². The summed E-state index contributed by atoms with van der Waals surface area (Å²) in [6.45, 7) is 18.2. The summed E-state index contributed by atoms with van der Waals surface area (Å²) in [7, 11) is 0. The summed E-state index contributed by atoms with van der Waals surface area (Å²) >= 11 is -2.94. The third kappa shape index (κ3) is 7.47. The van der Waals surface area contributed by atoms with Gasteiger partial charge in [0.2, 0.25) is 0 Å². The molecule has 0 bridgehead atoms. The van der Waals surface area contributed by atoms with Crippen LogP contribution in [0.5, 0.6) is 0 Å². The Morgan fingerprint density at radius 2 is 1.29 bits per heavy atom. The van der Waals surface area contributed by atoms with Gasteiger partial charge in [0.1, 0.15) is 0 Å². The summed E-state index contributed by atoms with van der Waals surface area (Å²) in [6.07, 6.45) is -1.06. The monoisotopic (exact) mass is 764 g/mol. The Morgan fingerprint density at radius 1 is 0.708 bits per heavy atom. The molecule has 0 nitrogen and oxygen atoms in total. The van der Waals surface area contributed by atoms with Gasteiger partial charge in [0.15, 0.2) is 0 Å². The summed E-state index contributed by atoms with van der Waals surface area (Å²) < 4.78 is 45.9. The molecule has 0 heterocycles. The molecule has 4 aromatic carbocycles. The number of benzene rings is 4. The molecule has 6 rings (SSSR count). The Morgan fingerprint density at radius 3 is 1.88 bits per heavy atom. The van der Waals surface area contributed by atoms with Gasteiger partial charge in [0.25, 0.3) is 0 Å². The Kier molecular flexibility index (Phi) is 11.2. The van der Waals surface area contributed by atoms with Gasteiger partial charge in [-0.05, 0) is 0 Å². The Labute approximate surface area is 304 Å². The SMILES string of the molecule is CC1=[C](/[Zr+2](=[CH]/c2ccc(C(F)(F)F)cc2)[c]2cc(C(C)(C)C)cc3c2Cc2ccc(C(C)(C)C)cc2-3)C(C)C=C1c1ccccc1.[Cl-].[Cl-]. The average Bonchev–Trinajstić information content (AvgIpc) is 3.50. The molecule has 1 unspecified atom stereocenters. The van der Waals surface area contributed by atoms with E-state index in [0.717, 1.165) is 12.0 Å². The minimum Gasteiger partial charge on any atom is -1.00 e. The maximum Gasteiger partial charge on any atom is -1.00 e. The van der Waals surface area contributed by atoms with Crippen LogP contribution in [0, 0.1) is 5.92 Å². The number of hydrogen-bond acceptors (Lipinski definition) is 0. The van der Waals surface area contributed by atoms with Crippen molar-refractivity contribution in [1.29, 1.82) is 0 Å². The molecule has 0 aliphatic heterocycles. The van der Waals surface area contributed by atoms with Crippen LogP contribution in [0.25, 0.3) is 16.7 Å². The van der Waals surface area contributed by atoms with E-state index in [2.05, 4.69) is 120 Å². The van der Waals surface area contributed by atoms with E-state index >= 15 is 0 Å². The molecule has 2 aliphatic carbocycles. The molecular weight excluding hydrogens is 724 g/mol. The molecule has 0 amide bonds. The van der Waals surface area contributed by atoms with Crippen LogP contribution in [-0.4, -0.2) is 3.71 Å². The van der Waals surface area contributed by atoms with Gasteiger partial charge >= 0.3 is 282 Å². The number of halogens is 5. The van der Waals surface area contributed by atoms with Crippen LogP contribution in [0.4, 0.5) is 13.2 Å². The van der Waals surface area contributed by atoms with Crippen LogP contribution in [0.3, 0.4) is 0 Å². The second-order valence-corrected chi connectivity index (χ2v) is 20.4. The van der Waals surface area contributed by atoms with Crippen molar-refractivity contribution in [2.24, 2.45) is 5.92 Å². The standard InChI is InChI=1S/C21H25.C13H13.C8H5F3.2ClH.Zr/c1-20(2,3)16-9-7-14-11-15-8-10-17(21(4,5)6)13-19(15)18(14)12-16;1-10-8-11(2)13(9-10)12-6-4-3-5-7-12;1-6-2-4-7(5-3-6)8(9,10)11;;;/h7,9-10,12-13H,11H2,1-6H3;3-7,9-10H,1-2H3;1-5H;2*1H;/q;;;;;+2/p-2. The molecule has 0 spiro atoms. The van der Waals surface area contributed by atoms with Crippen molar-refractivity contribution >= 4 is 12.6 Å². The van der Waals surface area contributed by atoms with Gasteiger partial charge in [-0.15, -0.1) is 0 Å². The van der Waals surface area contributed by atoms with E-state index in [-0.39, 0.29) is 41.6 Å². The van der Waals surface area contributed by atoms with Gasteiger partial charge in [0.05, 0.1) is 0 Å². The summed E-state index contributed by atoms with van der Waals surface area (Å²) in [5.74, 6) is 0.250.